The van der Waals surface area contributed by atoms with Gasteiger partial charge in [0.2, 0.25) is 0 Å². The first-order valence-corrected chi connectivity index (χ1v) is 6.27. The Morgan fingerprint density at radius 2 is 1.95 bits per heavy atom. The van der Waals surface area contributed by atoms with E-state index in [0.717, 1.165) is 0 Å². The van der Waals surface area contributed by atoms with Crippen molar-refractivity contribution in [1.82, 2.24) is 0 Å². The molecule has 0 aromatic heterocycles. The average Bonchev–Trinajstić information content (AvgIpc) is 2.40. The van der Waals surface area contributed by atoms with Gasteiger partial charge < -0.3 is 14.7 Å². The minimum absolute atomic E-state index is 0.189. The van der Waals surface area contributed by atoms with E-state index in [-0.39, 0.29) is 12.3 Å². The lowest BCUT2D eigenvalue weighted by Gasteiger charge is -2.17. The highest BCUT2D eigenvalue weighted by molar-refractivity contribution is 6.38. The molecular weight excluding hydrogens is 270 g/mol. The topological polar surface area (TPSA) is 68.1 Å². The second-order valence-corrected chi connectivity index (χ2v) is 4.03. The largest absolute Gasteiger partial charge is 0.461 e. The summed E-state index contributed by atoms with van der Waals surface area (Å²) in [6.07, 6.45) is -0.786. The van der Waals surface area contributed by atoms with Crippen molar-refractivity contribution < 1.29 is 19.5 Å². The van der Waals surface area contributed by atoms with Crippen LogP contribution in [0.2, 0.25) is 5.02 Å². The summed E-state index contributed by atoms with van der Waals surface area (Å²) in [6, 6.07) is 6.74. The Hall–Kier alpha value is -1.59. The molecule has 1 unspecified atom stereocenters. The molecule has 1 atom stereocenters. The first kappa shape index (κ1) is 15.5. The summed E-state index contributed by atoms with van der Waals surface area (Å²) >= 11 is 5.81. The van der Waals surface area contributed by atoms with Gasteiger partial charge in [-0.05, 0) is 31.5 Å². The SMILES string of the molecule is CCOC(=O)/C(=N/O)C(OCC)c1ccc(Cl)cc1. The van der Waals surface area contributed by atoms with Gasteiger partial charge in [0.25, 0.3) is 0 Å². The zero-order chi connectivity index (χ0) is 14.3. The fraction of sp³-hybridized carbons (Fsp3) is 0.385. The maximum Gasteiger partial charge on any atom is 0.359 e. The molecule has 6 heteroatoms. The Morgan fingerprint density at radius 3 is 2.42 bits per heavy atom. The number of ether oxygens (including phenoxy) is 2. The monoisotopic (exact) mass is 285 g/mol. The van der Waals surface area contributed by atoms with Crippen LogP contribution >= 0.6 is 11.6 Å². The van der Waals surface area contributed by atoms with E-state index in [1.54, 1.807) is 38.1 Å². The summed E-state index contributed by atoms with van der Waals surface area (Å²) in [5.41, 5.74) is 0.470. The maximum absolute atomic E-state index is 11.7. The van der Waals surface area contributed by atoms with Gasteiger partial charge >= 0.3 is 5.97 Å². The highest BCUT2D eigenvalue weighted by atomic mass is 35.5. The van der Waals surface area contributed by atoms with Crippen molar-refractivity contribution >= 4 is 23.3 Å². The predicted octanol–water partition coefficient (Wildman–Crippen LogP) is 2.81. The summed E-state index contributed by atoms with van der Waals surface area (Å²) < 4.78 is 10.3. The van der Waals surface area contributed by atoms with E-state index in [1.807, 2.05) is 0 Å². The highest BCUT2D eigenvalue weighted by Gasteiger charge is 2.27. The lowest BCUT2D eigenvalue weighted by molar-refractivity contribution is -0.136. The number of carbonyl (C=O) groups excluding carboxylic acids is 1. The van der Waals surface area contributed by atoms with Gasteiger partial charge in [-0.15, -0.1) is 0 Å². The molecule has 0 radical (unpaired) electrons. The molecule has 0 heterocycles. The van der Waals surface area contributed by atoms with Gasteiger partial charge in [0.05, 0.1) is 6.61 Å². The van der Waals surface area contributed by atoms with E-state index in [9.17, 15) is 4.79 Å². The first-order chi connectivity index (χ1) is 9.13. The fourth-order valence-corrected chi connectivity index (χ4v) is 1.67. The van der Waals surface area contributed by atoms with Crippen LogP contribution in [0.4, 0.5) is 0 Å². The number of hydrogen-bond acceptors (Lipinski definition) is 5. The summed E-state index contributed by atoms with van der Waals surface area (Å²) in [5.74, 6) is -0.710. The molecule has 0 saturated carbocycles. The van der Waals surface area contributed by atoms with Crippen LogP contribution in [-0.2, 0) is 14.3 Å². The number of oxime groups is 1. The van der Waals surface area contributed by atoms with Gasteiger partial charge in [0.15, 0.2) is 5.71 Å². The van der Waals surface area contributed by atoms with Gasteiger partial charge in [-0.3, -0.25) is 0 Å². The minimum Gasteiger partial charge on any atom is -0.461 e. The lowest BCUT2D eigenvalue weighted by Crippen LogP contribution is -2.27. The van der Waals surface area contributed by atoms with Gasteiger partial charge in [0.1, 0.15) is 6.10 Å². The third-order valence-corrected chi connectivity index (χ3v) is 2.60. The van der Waals surface area contributed by atoms with E-state index < -0.39 is 12.1 Å². The van der Waals surface area contributed by atoms with Crippen LogP contribution in [0.3, 0.4) is 0 Å². The van der Waals surface area contributed by atoms with Gasteiger partial charge in [-0.2, -0.15) is 0 Å². The number of rotatable bonds is 6. The molecule has 5 nitrogen and oxygen atoms in total. The van der Waals surface area contributed by atoms with Crippen LogP contribution in [0.1, 0.15) is 25.5 Å². The Morgan fingerprint density at radius 1 is 1.32 bits per heavy atom. The summed E-state index contributed by atoms with van der Waals surface area (Å²) in [6.45, 7) is 4.00. The molecule has 0 saturated heterocycles. The van der Waals surface area contributed by atoms with Crippen molar-refractivity contribution in [3.8, 4) is 0 Å². The molecule has 19 heavy (non-hydrogen) atoms. The van der Waals surface area contributed by atoms with Crippen molar-refractivity contribution in [3.63, 3.8) is 0 Å². The number of benzene rings is 1. The molecule has 0 fully saturated rings. The van der Waals surface area contributed by atoms with Crippen molar-refractivity contribution in [3.05, 3.63) is 34.9 Å². The van der Waals surface area contributed by atoms with Crippen LogP contribution in [0.15, 0.2) is 29.4 Å². The third kappa shape index (κ3) is 4.22. The Kier molecular flexibility index (Phi) is 6.32. The minimum atomic E-state index is -0.786. The quantitative estimate of drug-likeness (QED) is 0.378. The molecule has 1 aromatic rings. The zero-order valence-corrected chi connectivity index (χ0v) is 11.6. The van der Waals surface area contributed by atoms with Crippen LogP contribution in [0.25, 0.3) is 0 Å². The molecule has 104 valence electrons. The van der Waals surface area contributed by atoms with Crippen molar-refractivity contribution in [2.75, 3.05) is 13.2 Å². The van der Waals surface area contributed by atoms with Crippen molar-refractivity contribution in [2.24, 2.45) is 5.16 Å². The van der Waals surface area contributed by atoms with Crippen molar-refractivity contribution in [2.45, 2.75) is 20.0 Å². The molecule has 0 aliphatic rings. The van der Waals surface area contributed by atoms with E-state index in [2.05, 4.69) is 5.16 Å². The molecule has 0 bridgehead atoms. The van der Waals surface area contributed by atoms with Crippen LogP contribution in [0, 0.1) is 0 Å². The smallest absolute Gasteiger partial charge is 0.359 e. The molecule has 0 aliphatic carbocycles. The van der Waals surface area contributed by atoms with Crippen LogP contribution in [0.5, 0.6) is 0 Å². The number of hydrogen-bond donors (Lipinski definition) is 1. The Labute approximate surface area is 116 Å². The Balaban J connectivity index is 3.04. The third-order valence-electron chi connectivity index (χ3n) is 2.35. The number of esters is 1. The van der Waals surface area contributed by atoms with E-state index in [0.29, 0.717) is 17.2 Å². The molecular formula is C13H16ClNO4. The molecule has 0 spiro atoms. The molecule has 1 aromatic carbocycles. The second kappa shape index (κ2) is 7.76. The van der Waals surface area contributed by atoms with Gasteiger partial charge in [-0.1, -0.05) is 28.9 Å². The second-order valence-electron chi connectivity index (χ2n) is 3.59. The molecule has 1 N–H and O–H groups in total. The van der Waals surface area contributed by atoms with Crippen LogP contribution in [-0.4, -0.2) is 30.1 Å². The molecule has 0 aliphatic heterocycles. The molecule has 1 rings (SSSR count). The van der Waals surface area contributed by atoms with E-state index in [1.165, 1.54) is 0 Å². The standard InChI is InChI=1S/C13H16ClNO4/c1-3-18-12(9-5-7-10(14)8-6-9)11(15-17)13(16)19-4-2/h5-8,12,17H,3-4H2,1-2H3/b15-11+. The summed E-state index contributed by atoms with van der Waals surface area (Å²) in [4.78, 5) is 11.7. The predicted molar refractivity (Wildman–Crippen MR) is 71.7 cm³/mol. The highest BCUT2D eigenvalue weighted by Crippen LogP contribution is 2.22. The summed E-state index contributed by atoms with van der Waals surface area (Å²) in [7, 11) is 0. The summed E-state index contributed by atoms with van der Waals surface area (Å²) in [5, 5.41) is 12.6. The number of halogens is 1. The number of carbonyl (C=O) groups is 1. The lowest BCUT2D eigenvalue weighted by atomic mass is 10.0. The van der Waals surface area contributed by atoms with E-state index in [4.69, 9.17) is 26.3 Å². The van der Waals surface area contributed by atoms with Gasteiger partial charge in [0, 0.05) is 11.6 Å². The fourth-order valence-electron chi connectivity index (χ4n) is 1.54. The van der Waals surface area contributed by atoms with Crippen LogP contribution < -0.4 is 0 Å². The molecule has 0 amide bonds. The maximum atomic E-state index is 11.7. The average molecular weight is 286 g/mol. The first-order valence-electron chi connectivity index (χ1n) is 5.90. The zero-order valence-electron chi connectivity index (χ0n) is 10.8. The number of nitrogens with zero attached hydrogens (tertiary/aromatic N) is 1. The normalized spacial score (nSPS) is 13.1. The van der Waals surface area contributed by atoms with Crippen molar-refractivity contribution in [1.29, 1.82) is 0 Å². The Bertz CT molecular complexity index is 444. The van der Waals surface area contributed by atoms with Gasteiger partial charge in [-0.25, -0.2) is 4.79 Å². The van der Waals surface area contributed by atoms with E-state index >= 15 is 0 Å².